The predicted octanol–water partition coefficient (Wildman–Crippen LogP) is 4.29. The molecule has 28 heavy (non-hydrogen) atoms. The number of benzene rings is 1. The monoisotopic (exact) mass is 406 g/mol. The van der Waals surface area contributed by atoms with Gasteiger partial charge in [0.15, 0.2) is 11.6 Å². The maximum atomic E-state index is 13.9. The Labute approximate surface area is 169 Å². The number of anilines is 1. The molecule has 1 aromatic heterocycles. The lowest BCUT2D eigenvalue weighted by atomic mass is 10.2. The molecule has 1 aromatic carbocycles. The Hall–Kier alpha value is -2.41. The molecule has 2 aromatic rings. The van der Waals surface area contributed by atoms with Gasteiger partial charge in [-0.3, -0.25) is 4.79 Å². The molecule has 1 amide bonds. The number of amides is 1. The van der Waals surface area contributed by atoms with Gasteiger partial charge in [0.1, 0.15) is 12.1 Å². The van der Waals surface area contributed by atoms with Crippen LogP contribution in [0, 0.1) is 5.82 Å². The first-order valence-corrected chi connectivity index (χ1v) is 9.92. The van der Waals surface area contributed by atoms with E-state index in [2.05, 4.69) is 21.8 Å². The van der Waals surface area contributed by atoms with Crippen molar-refractivity contribution in [2.24, 2.45) is 0 Å². The van der Waals surface area contributed by atoms with Crippen LogP contribution in [0.25, 0.3) is 0 Å². The van der Waals surface area contributed by atoms with Crippen LogP contribution in [-0.4, -0.2) is 47.0 Å². The van der Waals surface area contributed by atoms with Crippen molar-refractivity contribution in [2.45, 2.75) is 32.6 Å². The van der Waals surface area contributed by atoms with Crippen molar-refractivity contribution in [1.82, 2.24) is 14.9 Å². The Kier molecular flexibility index (Phi) is 7.03. The van der Waals surface area contributed by atoms with Crippen LogP contribution in [0.5, 0.6) is 11.6 Å². The molecule has 1 aliphatic heterocycles. The van der Waals surface area contributed by atoms with Crippen LogP contribution in [0.3, 0.4) is 0 Å². The van der Waals surface area contributed by atoms with Gasteiger partial charge in [-0.25, -0.2) is 14.4 Å². The number of unbranched alkanes of at least 4 members (excludes halogenated alkanes) is 2. The van der Waals surface area contributed by atoms with Crippen molar-refractivity contribution in [3.63, 3.8) is 0 Å². The normalized spacial score (nSPS) is 14.2. The Balaban J connectivity index is 1.58. The summed E-state index contributed by atoms with van der Waals surface area (Å²) in [5, 5.41) is 0.301. The van der Waals surface area contributed by atoms with Crippen molar-refractivity contribution in [3.8, 4) is 11.6 Å². The molecule has 3 rings (SSSR count). The lowest BCUT2D eigenvalue weighted by Gasteiger charge is -2.35. The largest absolute Gasteiger partial charge is 0.436 e. The van der Waals surface area contributed by atoms with Gasteiger partial charge in [-0.1, -0.05) is 31.4 Å². The number of carbonyl (C=O) groups excluding carboxylic acids is 1. The van der Waals surface area contributed by atoms with Crippen LogP contribution >= 0.6 is 11.6 Å². The molecule has 0 atom stereocenters. The van der Waals surface area contributed by atoms with Crippen LogP contribution in [-0.2, 0) is 4.79 Å². The summed E-state index contributed by atoms with van der Waals surface area (Å²) < 4.78 is 19.5. The molecule has 0 unspecified atom stereocenters. The maximum absolute atomic E-state index is 13.9. The zero-order valence-electron chi connectivity index (χ0n) is 15.9. The van der Waals surface area contributed by atoms with E-state index >= 15 is 0 Å². The summed E-state index contributed by atoms with van der Waals surface area (Å²) in [6, 6.07) is 5.88. The molecule has 1 aliphatic rings. The van der Waals surface area contributed by atoms with Gasteiger partial charge in [0.2, 0.25) is 11.8 Å². The molecule has 2 heterocycles. The molecule has 0 saturated carbocycles. The van der Waals surface area contributed by atoms with Crippen molar-refractivity contribution >= 4 is 23.3 Å². The second-order valence-corrected chi connectivity index (χ2v) is 7.15. The first-order valence-electron chi connectivity index (χ1n) is 9.54. The first-order chi connectivity index (χ1) is 13.6. The number of nitrogens with zero attached hydrogens (tertiary/aromatic N) is 4. The van der Waals surface area contributed by atoms with Crippen LogP contribution in [0.4, 0.5) is 10.2 Å². The van der Waals surface area contributed by atoms with Gasteiger partial charge in [0, 0.05) is 43.7 Å². The van der Waals surface area contributed by atoms with Crippen LogP contribution in [0.2, 0.25) is 5.02 Å². The average Bonchev–Trinajstić information content (AvgIpc) is 2.70. The van der Waals surface area contributed by atoms with E-state index < -0.39 is 5.82 Å². The molecule has 0 radical (unpaired) electrons. The highest BCUT2D eigenvalue weighted by atomic mass is 35.5. The smallest absolute Gasteiger partial charge is 0.224 e. The Bertz CT molecular complexity index is 813. The van der Waals surface area contributed by atoms with E-state index in [0.29, 0.717) is 43.4 Å². The van der Waals surface area contributed by atoms with Gasteiger partial charge >= 0.3 is 0 Å². The lowest BCUT2D eigenvalue weighted by molar-refractivity contribution is -0.131. The van der Waals surface area contributed by atoms with Gasteiger partial charge in [-0.05, 0) is 24.6 Å². The number of piperazine rings is 1. The van der Waals surface area contributed by atoms with Crippen LogP contribution in [0.15, 0.2) is 30.6 Å². The summed E-state index contributed by atoms with van der Waals surface area (Å²) in [6.07, 6.45) is 5.15. The number of rotatable bonds is 7. The molecule has 1 fully saturated rings. The summed E-state index contributed by atoms with van der Waals surface area (Å²) >= 11 is 5.76. The van der Waals surface area contributed by atoms with Gasteiger partial charge in [-0.2, -0.15) is 0 Å². The summed E-state index contributed by atoms with van der Waals surface area (Å²) in [4.78, 5) is 24.6. The number of hydrogen-bond acceptors (Lipinski definition) is 5. The third kappa shape index (κ3) is 5.32. The third-order valence-electron chi connectivity index (χ3n) is 4.69. The average molecular weight is 407 g/mol. The second kappa shape index (κ2) is 9.68. The molecule has 0 N–H and O–H groups in total. The SMILES string of the molecule is CCCCCC(=O)N1CCN(c2cc(Oc3ccc(Cl)cc3F)ncn2)CC1. The highest BCUT2D eigenvalue weighted by molar-refractivity contribution is 6.30. The van der Waals surface area contributed by atoms with Crippen molar-refractivity contribution in [1.29, 1.82) is 0 Å². The Morgan fingerprint density at radius 1 is 1.18 bits per heavy atom. The number of hydrogen-bond donors (Lipinski definition) is 0. The molecule has 8 heteroatoms. The molecule has 0 aliphatic carbocycles. The summed E-state index contributed by atoms with van der Waals surface area (Å²) in [5.74, 6) is 0.666. The van der Waals surface area contributed by atoms with Gasteiger partial charge in [0.25, 0.3) is 0 Å². The fourth-order valence-electron chi connectivity index (χ4n) is 3.10. The molecular weight excluding hydrogens is 383 g/mol. The van der Waals surface area contributed by atoms with E-state index in [1.807, 2.05) is 4.90 Å². The van der Waals surface area contributed by atoms with E-state index in [4.69, 9.17) is 16.3 Å². The maximum Gasteiger partial charge on any atom is 0.224 e. The Morgan fingerprint density at radius 3 is 2.68 bits per heavy atom. The van der Waals surface area contributed by atoms with Crippen molar-refractivity contribution in [2.75, 3.05) is 31.1 Å². The van der Waals surface area contributed by atoms with Crippen molar-refractivity contribution in [3.05, 3.63) is 41.4 Å². The summed E-state index contributed by atoms with van der Waals surface area (Å²) in [5.41, 5.74) is 0. The zero-order chi connectivity index (χ0) is 19.9. The van der Waals surface area contributed by atoms with E-state index in [-0.39, 0.29) is 17.5 Å². The molecule has 0 spiro atoms. The van der Waals surface area contributed by atoms with Gasteiger partial charge in [0.05, 0.1) is 0 Å². The fourth-order valence-corrected chi connectivity index (χ4v) is 3.26. The standard InChI is InChI=1S/C20H24ClFN4O2/c1-2-3-4-5-20(27)26-10-8-25(9-11-26)18-13-19(24-14-23-18)28-17-7-6-15(21)12-16(17)22/h6-7,12-14H,2-5,8-11H2,1H3. The number of carbonyl (C=O) groups is 1. The lowest BCUT2D eigenvalue weighted by Crippen LogP contribution is -2.49. The van der Waals surface area contributed by atoms with E-state index in [1.54, 1.807) is 12.1 Å². The highest BCUT2D eigenvalue weighted by Gasteiger charge is 2.22. The minimum absolute atomic E-state index is 0.0524. The number of halogens is 2. The first kappa shape index (κ1) is 20.3. The number of aromatic nitrogens is 2. The molecular formula is C20H24ClFN4O2. The zero-order valence-corrected chi connectivity index (χ0v) is 16.7. The minimum atomic E-state index is -0.553. The van der Waals surface area contributed by atoms with Gasteiger partial charge < -0.3 is 14.5 Å². The quantitative estimate of drug-likeness (QED) is 0.642. The minimum Gasteiger partial charge on any atom is -0.436 e. The van der Waals surface area contributed by atoms with E-state index in [1.165, 1.54) is 18.5 Å². The fraction of sp³-hybridized carbons (Fsp3) is 0.450. The van der Waals surface area contributed by atoms with E-state index in [9.17, 15) is 9.18 Å². The topological polar surface area (TPSA) is 58.6 Å². The number of ether oxygens (including phenoxy) is 1. The molecule has 6 nitrogen and oxygen atoms in total. The Morgan fingerprint density at radius 2 is 1.96 bits per heavy atom. The molecule has 150 valence electrons. The molecule has 1 saturated heterocycles. The van der Waals surface area contributed by atoms with Gasteiger partial charge in [-0.15, -0.1) is 0 Å². The third-order valence-corrected chi connectivity index (χ3v) is 4.92. The van der Waals surface area contributed by atoms with E-state index in [0.717, 1.165) is 19.3 Å². The summed E-state index contributed by atoms with van der Waals surface area (Å²) in [6.45, 7) is 4.83. The van der Waals surface area contributed by atoms with Crippen LogP contribution in [0.1, 0.15) is 32.6 Å². The predicted molar refractivity (Wildman–Crippen MR) is 106 cm³/mol. The second-order valence-electron chi connectivity index (χ2n) is 6.72. The summed E-state index contributed by atoms with van der Waals surface area (Å²) in [7, 11) is 0. The highest BCUT2D eigenvalue weighted by Crippen LogP contribution is 2.27. The van der Waals surface area contributed by atoms with Crippen LogP contribution < -0.4 is 9.64 Å². The van der Waals surface area contributed by atoms with Crippen molar-refractivity contribution < 1.29 is 13.9 Å². The molecule has 0 bridgehead atoms.